The molecule has 0 spiro atoms. The third kappa shape index (κ3) is 5.55. The number of ether oxygens (including phenoxy) is 2. The molecule has 0 aliphatic carbocycles. The summed E-state index contributed by atoms with van der Waals surface area (Å²) in [6.07, 6.45) is 1.77. The first-order chi connectivity index (χ1) is 18.9. The van der Waals surface area contributed by atoms with Crippen molar-refractivity contribution in [2.24, 2.45) is 0 Å². The van der Waals surface area contributed by atoms with Crippen molar-refractivity contribution >= 4 is 20.9 Å². The minimum Gasteiger partial charge on any atom is -0.497 e. The summed E-state index contributed by atoms with van der Waals surface area (Å²) in [5.41, 5.74) is 3.59. The fraction of sp³-hybridized carbons (Fsp3) is 0.188. The van der Waals surface area contributed by atoms with Crippen LogP contribution in [0, 0.1) is 0 Å². The van der Waals surface area contributed by atoms with Gasteiger partial charge < -0.3 is 14.4 Å². The smallest absolute Gasteiger partial charge is 0.268 e. The van der Waals surface area contributed by atoms with Crippen molar-refractivity contribution in [2.75, 3.05) is 34.4 Å². The number of hydrogen-bond donors (Lipinski definition) is 0. The second-order valence-corrected chi connectivity index (χ2v) is 11.5. The highest BCUT2D eigenvalue weighted by Gasteiger charge is 2.26. The van der Waals surface area contributed by atoms with Gasteiger partial charge in [0.15, 0.2) is 0 Å². The van der Waals surface area contributed by atoms with Crippen LogP contribution in [0.4, 0.5) is 0 Å². The normalized spacial score (nSPS) is 12.5. The van der Waals surface area contributed by atoms with Crippen LogP contribution in [-0.4, -0.2) is 51.6 Å². The molecule has 39 heavy (non-hydrogen) atoms. The number of rotatable bonds is 10. The van der Waals surface area contributed by atoms with Crippen LogP contribution in [0.3, 0.4) is 0 Å². The van der Waals surface area contributed by atoms with Gasteiger partial charge in [-0.05, 0) is 73.3 Å². The van der Waals surface area contributed by atoms with Gasteiger partial charge in [-0.15, -0.1) is 0 Å². The lowest BCUT2D eigenvalue weighted by Gasteiger charge is -2.19. The summed E-state index contributed by atoms with van der Waals surface area (Å²) in [5, 5.41) is 0.879. The monoisotopic (exact) mass is 540 g/mol. The Kier molecular flexibility index (Phi) is 7.72. The molecule has 0 bridgehead atoms. The molecule has 5 aromatic rings. The molecule has 5 rings (SSSR count). The van der Waals surface area contributed by atoms with Crippen molar-refractivity contribution in [3.05, 3.63) is 126 Å². The van der Waals surface area contributed by atoms with E-state index in [1.807, 2.05) is 80.8 Å². The van der Waals surface area contributed by atoms with E-state index < -0.39 is 10.0 Å². The predicted molar refractivity (Wildman–Crippen MR) is 155 cm³/mol. The maximum absolute atomic E-state index is 13.8. The third-order valence-corrected chi connectivity index (χ3v) is 8.48. The Morgan fingerprint density at radius 1 is 0.769 bits per heavy atom. The summed E-state index contributed by atoms with van der Waals surface area (Å²) in [6.45, 7) is 1.42. The van der Waals surface area contributed by atoms with Gasteiger partial charge in [0.05, 0.1) is 17.5 Å². The standard InChI is InChI=1S/C32H32N2O4S/c1-33(2)21-22-38-27-19-15-25(16-20-27)32(24-13-17-26(37-3)18-14-24)30-23-34(31-12-8-7-11-29(30)31)39(35,36)28-9-5-4-6-10-28/h4-20,23,32H,21-22H2,1-3H3. The van der Waals surface area contributed by atoms with Crippen LogP contribution in [0.2, 0.25) is 0 Å². The first-order valence-electron chi connectivity index (χ1n) is 12.8. The number of likely N-dealkylation sites (N-methyl/N-ethyl adjacent to an activating group) is 1. The molecule has 0 aliphatic heterocycles. The molecular formula is C32H32N2O4S. The van der Waals surface area contributed by atoms with Gasteiger partial charge in [0.1, 0.15) is 18.1 Å². The highest BCUT2D eigenvalue weighted by molar-refractivity contribution is 7.90. The predicted octanol–water partition coefficient (Wildman–Crippen LogP) is 6.01. The maximum atomic E-state index is 13.8. The molecule has 1 aromatic heterocycles. The SMILES string of the molecule is COc1ccc(C(c2ccc(OCCN(C)C)cc2)c2cn(S(=O)(=O)c3ccccc3)c3ccccc23)cc1. The van der Waals surface area contributed by atoms with Gasteiger partial charge >= 0.3 is 0 Å². The zero-order valence-electron chi connectivity index (χ0n) is 22.3. The Labute approximate surface area is 230 Å². The summed E-state index contributed by atoms with van der Waals surface area (Å²) in [6, 6.07) is 32.2. The molecule has 0 saturated heterocycles. The number of nitrogens with zero attached hydrogens (tertiary/aromatic N) is 2. The molecule has 1 heterocycles. The van der Waals surface area contributed by atoms with Gasteiger partial charge in [-0.1, -0.05) is 60.7 Å². The number of benzene rings is 4. The van der Waals surface area contributed by atoms with E-state index in [4.69, 9.17) is 9.47 Å². The molecule has 200 valence electrons. The van der Waals surface area contributed by atoms with Gasteiger partial charge in [-0.3, -0.25) is 0 Å². The van der Waals surface area contributed by atoms with Gasteiger partial charge in [-0.25, -0.2) is 12.4 Å². The van der Waals surface area contributed by atoms with E-state index in [9.17, 15) is 8.42 Å². The Hall–Kier alpha value is -4.07. The Morgan fingerprint density at radius 3 is 1.97 bits per heavy atom. The first kappa shape index (κ1) is 26.5. The second-order valence-electron chi connectivity index (χ2n) is 9.64. The van der Waals surface area contributed by atoms with Crippen molar-refractivity contribution in [3.63, 3.8) is 0 Å². The van der Waals surface area contributed by atoms with Crippen molar-refractivity contribution in [1.82, 2.24) is 8.87 Å². The topological polar surface area (TPSA) is 60.8 Å². The Bertz CT molecular complexity index is 1640. The molecular weight excluding hydrogens is 508 g/mol. The fourth-order valence-electron chi connectivity index (χ4n) is 4.76. The largest absolute Gasteiger partial charge is 0.497 e. The summed E-state index contributed by atoms with van der Waals surface area (Å²) in [4.78, 5) is 2.32. The zero-order chi connectivity index (χ0) is 27.4. The quantitative estimate of drug-likeness (QED) is 0.217. The number of aromatic nitrogens is 1. The highest BCUT2D eigenvalue weighted by atomic mass is 32.2. The minimum atomic E-state index is -3.80. The molecule has 0 fully saturated rings. The molecule has 0 N–H and O–H groups in total. The molecule has 0 amide bonds. The molecule has 0 saturated carbocycles. The lowest BCUT2D eigenvalue weighted by molar-refractivity contribution is 0.261. The van der Waals surface area contributed by atoms with E-state index in [1.165, 1.54) is 3.97 Å². The lowest BCUT2D eigenvalue weighted by Crippen LogP contribution is -2.19. The van der Waals surface area contributed by atoms with E-state index in [1.54, 1.807) is 37.6 Å². The van der Waals surface area contributed by atoms with E-state index in [0.29, 0.717) is 12.1 Å². The number of para-hydroxylation sites is 1. The van der Waals surface area contributed by atoms with Crippen LogP contribution in [0.25, 0.3) is 10.9 Å². The van der Waals surface area contributed by atoms with Crippen molar-refractivity contribution in [1.29, 1.82) is 0 Å². The molecule has 0 radical (unpaired) electrons. The van der Waals surface area contributed by atoms with Gasteiger partial charge in [0.25, 0.3) is 10.0 Å². The summed E-state index contributed by atoms with van der Waals surface area (Å²) in [5.74, 6) is 1.34. The molecule has 0 aliphatic rings. The van der Waals surface area contributed by atoms with Crippen LogP contribution in [0.15, 0.2) is 114 Å². The van der Waals surface area contributed by atoms with Crippen LogP contribution < -0.4 is 9.47 Å². The molecule has 4 aromatic carbocycles. The van der Waals surface area contributed by atoms with Crippen LogP contribution in [-0.2, 0) is 10.0 Å². The second kappa shape index (κ2) is 11.4. The van der Waals surface area contributed by atoms with Crippen molar-refractivity contribution in [2.45, 2.75) is 10.8 Å². The van der Waals surface area contributed by atoms with Gasteiger partial charge in [0.2, 0.25) is 0 Å². The average molecular weight is 541 g/mol. The molecule has 1 atom stereocenters. The Morgan fingerprint density at radius 2 is 1.36 bits per heavy atom. The Balaban J connectivity index is 1.64. The van der Waals surface area contributed by atoms with Crippen LogP contribution in [0.5, 0.6) is 11.5 Å². The molecule has 7 heteroatoms. The summed E-state index contributed by atoms with van der Waals surface area (Å²) < 4.78 is 40.2. The van der Waals surface area contributed by atoms with E-state index in [2.05, 4.69) is 17.0 Å². The average Bonchev–Trinajstić information content (AvgIpc) is 3.35. The van der Waals surface area contributed by atoms with E-state index in [0.717, 1.165) is 40.1 Å². The zero-order valence-corrected chi connectivity index (χ0v) is 23.1. The van der Waals surface area contributed by atoms with Crippen molar-refractivity contribution in [3.8, 4) is 11.5 Å². The summed E-state index contributed by atoms with van der Waals surface area (Å²) >= 11 is 0. The van der Waals surface area contributed by atoms with Crippen LogP contribution in [0.1, 0.15) is 22.6 Å². The maximum Gasteiger partial charge on any atom is 0.268 e. The number of methoxy groups -OCH3 is 1. The molecule has 6 nitrogen and oxygen atoms in total. The van der Waals surface area contributed by atoms with Crippen LogP contribution >= 0.6 is 0 Å². The summed E-state index contributed by atoms with van der Waals surface area (Å²) in [7, 11) is 1.87. The highest BCUT2D eigenvalue weighted by Crippen LogP contribution is 2.39. The van der Waals surface area contributed by atoms with Gasteiger partial charge in [0, 0.05) is 24.0 Å². The minimum absolute atomic E-state index is 0.219. The van der Waals surface area contributed by atoms with E-state index in [-0.39, 0.29) is 10.8 Å². The fourth-order valence-corrected chi connectivity index (χ4v) is 6.16. The third-order valence-electron chi connectivity index (χ3n) is 6.79. The number of hydrogen-bond acceptors (Lipinski definition) is 5. The van der Waals surface area contributed by atoms with Gasteiger partial charge in [-0.2, -0.15) is 0 Å². The van der Waals surface area contributed by atoms with Crippen molar-refractivity contribution < 1.29 is 17.9 Å². The molecule has 1 unspecified atom stereocenters. The number of fused-ring (bicyclic) bond motifs is 1. The lowest BCUT2D eigenvalue weighted by atomic mass is 9.85. The van der Waals surface area contributed by atoms with E-state index >= 15 is 0 Å². The first-order valence-corrected chi connectivity index (χ1v) is 14.2.